The molecule has 0 aliphatic carbocycles. The molecule has 0 saturated heterocycles. The third kappa shape index (κ3) is 4.61. The number of carbonyl (C=O) groups is 1. The van der Waals surface area contributed by atoms with Gasteiger partial charge in [0.15, 0.2) is 11.5 Å². The number of hydrogen-bond acceptors (Lipinski definition) is 4. The van der Waals surface area contributed by atoms with Gasteiger partial charge < -0.3 is 9.47 Å². The van der Waals surface area contributed by atoms with Gasteiger partial charge in [0, 0.05) is 4.47 Å². The molecule has 5 nitrogen and oxygen atoms in total. The van der Waals surface area contributed by atoms with Gasteiger partial charge >= 0.3 is 0 Å². The minimum atomic E-state index is -0.306. The first-order chi connectivity index (χ1) is 11.7. The van der Waals surface area contributed by atoms with Gasteiger partial charge in [-0.2, -0.15) is 5.10 Å². The number of terminal acetylenes is 1. The molecule has 0 spiro atoms. The van der Waals surface area contributed by atoms with Crippen molar-refractivity contribution < 1.29 is 14.3 Å². The Hall–Kier alpha value is -2.78. The van der Waals surface area contributed by atoms with Crippen LogP contribution in [0.25, 0.3) is 0 Å². The summed E-state index contributed by atoms with van der Waals surface area (Å²) < 4.78 is 11.3. The average molecular weight is 387 g/mol. The molecule has 1 N–H and O–H groups in total. The molecule has 0 bridgehead atoms. The van der Waals surface area contributed by atoms with Crippen LogP contribution < -0.4 is 14.9 Å². The molecule has 0 atom stereocenters. The van der Waals surface area contributed by atoms with Gasteiger partial charge in [-0.25, -0.2) is 5.43 Å². The Bertz CT molecular complexity index is 797. The topological polar surface area (TPSA) is 59.9 Å². The van der Waals surface area contributed by atoms with Crippen LogP contribution in [0.3, 0.4) is 0 Å². The smallest absolute Gasteiger partial charge is 0.272 e. The van der Waals surface area contributed by atoms with Gasteiger partial charge in [0.25, 0.3) is 5.91 Å². The zero-order valence-electron chi connectivity index (χ0n) is 13.0. The predicted octanol–water partition coefficient (Wildman–Crippen LogP) is 3.23. The van der Waals surface area contributed by atoms with E-state index < -0.39 is 0 Å². The summed E-state index contributed by atoms with van der Waals surface area (Å²) in [5.74, 6) is 3.17. The van der Waals surface area contributed by atoms with E-state index in [-0.39, 0.29) is 12.5 Å². The van der Waals surface area contributed by atoms with E-state index in [1.54, 1.807) is 36.4 Å². The normalized spacial score (nSPS) is 10.2. The van der Waals surface area contributed by atoms with Crippen molar-refractivity contribution in [2.75, 3.05) is 13.7 Å². The summed E-state index contributed by atoms with van der Waals surface area (Å²) in [5.41, 5.74) is 3.72. The zero-order valence-corrected chi connectivity index (χ0v) is 14.5. The second-order valence-electron chi connectivity index (χ2n) is 4.58. The van der Waals surface area contributed by atoms with Crippen LogP contribution in [0.1, 0.15) is 15.9 Å². The number of benzene rings is 2. The Labute approximate surface area is 148 Å². The highest BCUT2D eigenvalue weighted by Crippen LogP contribution is 2.27. The van der Waals surface area contributed by atoms with E-state index in [4.69, 9.17) is 15.9 Å². The van der Waals surface area contributed by atoms with E-state index >= 15 is 0 Å². The van der Waals surface area contributed by atoms with Crippen LogP contribution in [-0.4, -0.2) is 25.8 Å². The first-order valence-electron chi connectivity index (χ1n) is 6.98. The molecule has 0 saturated carbocycles. The van der Waals surface area contributed by atoms with E-state index in [9.17, 15) is 4.79 Å². The number of nitrogens with one attached hydrogen (secondary N) is 1. The largest absolute Gasteiger partial charge is 0.493 e. The molecule has 122 valence electrons. The number of halogens is 1. The third-order valence-electron chi connectivity index (χ3n) is 3.00. The molecule has 2 aromatic rings. The van der Waals surface area contributed by atoms with E-state index in [1.807, 2.05) is 6.07 Å². The number of amides is 1. The first-order valence-corrected chi connectivity index (χ1v) is 7.77. The quantitative estimate of drug-likeness (QED) is 0.470. The highest BCUT2D eigenvalue weighted by Gasteiger charge is 2.08. The lowest BCUT2D eigenvalue weighted by atomic mass is 10.2. The van der Waals surface area contributed by atoms with Gasteiger partial charge in [0.2, 0.25) is 0 Å². The maximum atomic E-state index is 12.0. The Kier molecular flexibility index (Phi) is 6.41. The summed E-state index contributed by atoms with van der Waals surface area (Å²) in [4.78, 5) is 12.0. The molecule has 0 aliphatic heterocycles. The van der Waals surface area contributed by atoms with Crippen molar-refractivity contribution in [2.45, 2.75) is 0 Å². The highest BCUT2D eigenvalue weighted by molar-refractivity contribution is 9.10. The Morgan fingerprint density at radius 1 is 1.33 bits per heavy atom. The van der Waals surface area contributed by atoms with Crippen molar-refractivity contribution in [1.82, 2.24) is 5.43 Å². The van der Waals surface area contributed by atoms with Crippen LogP contribution in [0, 0.1) is 12.3 Å². The van der Waals surface area contributed by atoms with Crippen LogP contribution >= 0.6 is 15.9 Å². The number of hydrogen-bond donors (Lipinski definition) is 1. The fourth-order valence-corrected chi connectivity index (χ4v) is 2.34. The van der Waals surface area contributed by atoms with E-state index in [1.165, 1.54) is 13.3 Å². The summed E-state index contributed by atoms with van der Waals surface area (Å²) in [6, 6.07) is 12.4. The van der Waals surface area contributed by atoms with Crippen LogP contribution in [0.4, 0.5) is 0 Å². The van der Waals surface area contributed by atoms with E-state index in [0.717, 1.165) is 5.56 Å². The Balaban J connectivity index is 2.05. The van der Waals surface area contributed by atoms with Crippen LogP contribution in [-0.2, 0) is 0 Å². The molecule has 2 rings (SSSR count). The van der Waals surface area contributed by atoms with Gasteiger partial charge in [-0.15, -0.1) is 6.42 Å². The first kappa shape index (κ1) is 17.6. The molecular formula is C18H15BrN2O3. The molecule has 24 heavy (non-hydrogen) atoms. The number of ether oxygens (including phenoxy) is 2. The van der Waals surface area contributed by atoms with Crippen molar-refractivity contribution in [3.05, 3.63) is 58.1 Å². The summed E-state index contributed by atoms with van der Waals surface area (Å²) in [5, 5.41) is 3.95. The number of hydrazone groups is 1. The minimum Gasteiger partial charge on any atom is -0.493 e. The average Bonchev–Trinajstić information content (AvgIpc) is 2.60. The Morgan fingerprint density at radius 2 is 2.12 bits per heavy atom. The number of carbonyl (C=O) groups excluding carboxylic acids is 1. The van der Waals surface area contributed by atoms with Crippen molar-refractivity contribution in [3.63, 3.8) is 0 Å². The van der Waals surface area contributed by atoms with Crippen molar-refractivity contribution in [2.24, 2.45) is 5.10 Å². The van der Waals surface area contributed by atoms with Crippen molar-refractivity contribution >= 4 is 28.1 Å². The molecule has 0 unspecified atom stereocenters. The van der Waals surface area contributed by atoms with Crippen molar-refractivity contribution in [3.8, 4) is 23.8 Å². The molecule has 0 radical (unpaired) electrons. The van der Waals surface area contributed by atoms with Gasteiger partial charge in [0.1, 0.15) is 6.61 Å². The van der Waals surface area contributed by atoms with Crippen LogP contribution in [0.5, 0.6) is 11.5 Å². The zero-order chi connectivity index (χ0) is 17.4. The fourth-order valence-electron chi connectivity index (χ4n) is 1.87. The van der Waals surface area contributed by atoms with Gasteiger partial charge in [-0.05, 0) is 51.8 Å². The van der Waals surface area contributed by atoms with E-state index in [2.05, 4.69) is 32.4 Å². The molecule has 6 heteroatoms. The maximum Gasteiger partial charge on any atom is 0.272 e. The monoisotopic (exact) mass is 386 g/mol. The van der Waals surface area contributed by atoms with Gasteiger partial charge in [0.05, 0.1) is 18.9 Å². The molecule has 0 aromatic heterocycles. The standard InChI is InChI=1S/C18H15BrN2O3/c1-3-10-24-16-9-8-13(11-17(16)23-2)12-20-21-18(22)14-6-4-5-7-15(14)19/h1,4-9,11-12H,10H2,2H3,(H,21,22)/b20-12+. The molecular weight excluding hydrogens is 372 g/mol. The molecule has 1 amide bonds. The SMILES string of the molecule is C#CCOc1ccc(/C=N/NC(=O)c2ccccc2Br)cc1OC. The minimum absolute atomic E-state index is 0.159. The van der Waals surface area contributed by atoms with Gasteiger partial charge in [-0.3, -0.25) is 4.79 Å². The second-order valence-corrected chi connectivity index (χ2v) is 5.44. The lowest BCUT2D eigenvalue weighted by molar-refractivity contribution is 0.0954. The lowest BCUT2D eigenvalue weighted by Crippen LogP contribution is -2.18. The molecule has 2 aromatic carbocycles. The van der Waals surface area contributed by atoms with E-state index in [0.29, 0.717) is 21.5 Å². The molecule has 0 fully saturated rings. The fraction of sp³-hybridized carbons (Fsp3) is 0.111. The maximum absolute atomic E-state index is 12.0. The van der Waals surface area contributed by atoms with Gasteiger partial charge in [-0.1, -0.05) is 18.1 Å². The number of nitrogens with zero attached hydrogens (tertiary/aromatic N) is 1. The Morgan fingerprint density at radius 3 is 2.83 bits per heavy atom. The molecule has 0 heterocycles. The second kappa shape index (κ2) is 8.75. The van der Waals surface area contributed by atoms with Crippen molar-refractivity contribution in [1.29, 1.82) is 0 Å². The van der Waals surface area contributed by atoms with Crippen LogP contribution in [0.2, 0.25) is 0 Å². The summed E-state index contributed by atoms with van der Waals surface area (Å²) >= 11 is 3.32. The predicted molar refractivity (Wildman–Crippen MR) is 96.5 cm³/mol. The molecule has 0 aliphatic rings. The number of methoxy groups -OCH3 is 1. The summed E-state index contributed by atoms with van der Waals surface area (Å²) in [6.07, 6.45) is 6.69. The lowest BCUT2D eigenvalue weighted by Gasteiger charge is -2.09. The van der Waals surface area contributed by atoms with Crippen LogP contribution in [0.15, 0.2) is 52.0 Å². The summed E-state index contributed by atoms with van der Waals surface area (Å²) in [7, 11) is 1.54. The summed E-state index contributed by atoms with van der Waals surface area (Å²) in [6.45, 7) is 0.159. The number of rotatable bonds is 6. The third-order valence-corrected chi connectivity index (χ3v) is 3.69. The highest BCUT2D eigenvalue weighted by atomic mass is 79.9.